The van der Waals surface area contributed by atoms with Crippen molar-refractivity contribution in [1.82, 2.24) is 20.1 Å². The van der Waals surface area contributed by atoms with Gasteiger partial charge in [-0.2, -0.15) is 13.2 Å². The van der Waals surface area contributed by atoms with Crippen molar-refractivity contribution in [2.75, 3.05) is 17.2 Å². The minimum atomic E-state index is -4.67. The van der Waals surface area contributed by atoms with Gasteiger partial charge in [0.1, 0.15) is 0 Å². The standard InChI is InChI=1S/C29H26F3N5O2S/c1-18-11-12-19(2)24(15-18)37-25(16-33-27(39)21-8-4-5-9-22(21)29(30,31)32)34-35-28(37)40-17-26(38)36-14-13-20-7-3-6-10-23(20)36/h3-12,15H,13-14,16-17H2,1-2H3,(H,33,39). The zero-order valence-electron chi connectivity index (χ0n) is 21.8. The van der Waals surface area contributed by atoms with Crippen molar-refractivity contribution in [3.05, 3.63) is 100 Å². The Kier molecular flexibility index (Phi) is 7.66. The minimum absolute atomic E-state index is 0.0657. The number of aryl methyl sites for hydroxylation is 2. The quantitative estimate of drug-likeness (QED) is 0.299. The number of hydrogen-bond acceptors (Lipinski definition) is 5. The summed E-state index contributed by atoms with van der Waals surface area (Å²) in [4.78, 5) is 27.7. The Bertz CT molecular complexity index is 1580. The van der Waals surface area contributed by atoms with Crippen molar-refractivity contribution in [2.24, 2.45) is 0 Å². The monoisotopic (exact) mass is 565 g/mol. The van der Waals surface area contributed by atoms with Crippen LogP contribution in [0.25, 0.3) is 5.69 Å². The molecule has 1 aliphatic rings. The second-order valence-electron chi connectivity index (χ2n) is 9.46. The minimum Gasteiger partial charge on any atom is -0.345 e. The number of rotatable bonds is 7. The van der Waals surface area contributed by atoms with Crippen molar-refractivity contribution in [1.29, 1.82) is 0 Å². The van der Waals surface area contributed by atoms with E-state index in [9.17, 15) is 22.8 Å². The van der Waals surface area contributed by atoms with E-state index >= 15 is 0 Å². The lowest BCUT2D eigenvalue weighted by atomic mass is 10.1. The lowest BCUT2D eigenvalue weighted by Crippen LogP contribution is -2.30. The van der Waals surface area contributed by atoms with Gasteiger partial charge in [0.25, 0.3) is 5.91 Å². The van der Waals surface area contributed by atoms with Gasteiger partial charge in [-0.25, -0.2) is 0 Å². The lowest BCUT2D eigenvalue weighted by Gasteiger charge is -2.18. The number of amides is 2. The van der Waals surface area contributed by atoms with Crippen LogP contribution in [0.1, 0.15) is 38.4 Å². The molecule has 0 saturated heterocycles. The fourth-order valence-corrected chi connectivity index (χ4v) is 5.53. The molecule has 1 aliphatic heterocycles. The first kappa shape index (κ1) is 27.4. The fraction of sp³-hybridized carbons (Fsp3) is 0.241. The molecule has 1 aromatic heterocycles. The topological polar surface area (TPSA) is 80.1 Å². The molecule has 5 rings (SSSR count). The molecule has 0 bridgehead atoms. The largest absolute Gasteiger partial charge is 0.417 e. The number of benzene rings is 3. The molecule has 40 heavy (non-hydrogen) atoms. The van der Waals surface area contributed by atoms with E-state index < -0.39 is 23.2 Å². The number of anilines is 1. The maximum Gasteiger partial charge on any atom is 0.417 e. The van der Waals surface area contributed by atoms with E-state index in [0.717, 1.165) is 46.6 Å². The van der Waals surface area contributed by atoms with Crippen LogP contribution < -0.4 is 10.2 Å². The van der Waals surface area contributed by atoms with Gasteiger partial charge in [-0.1, -0.05) is 54.2 Å². The first-order valence-corrected chi connectivity index (χ1v) is 13.6. The third-order valence-corrected chi connectivity index (χ3v) is 7.62. The summed E-state index contributed by atoms with van der Waals surface area (Å²) in [6.45, 7) is 4.29. The van der Waals surface area contributed by atoms with Crippen LogP contribution in [0.4, 0.5) is 18.9 Å². The Morgan fingerprint density at radius 1 is 0.975 bits per heavy atom. The number of nitrogens with zero attached hydrogens (tertiary/aromatic N) is 4. The summed E-state index contributed by atoms with van der Waals surface area (Å²) in [6.07, 6.45) is -3.87. The van der Waals surface area contributed by atoms with Crippen LogP contribution in [0, 0.1) is 13.8 Å². The molecule has 2 amide bonds. The second-order valence-corrected chi connectivity index (χ2v) is 10.4. The molecule has 1 N–H and O–H groups in total. The predicted molar refractivity (Wildman–Crippen MR) is 147 cm³/mol. The van der Waals surface area contributed by atoms with Gasteiger partial charge < -0.3 is 10.2 Å². The third kappa shape index (κ3) is 5.60. The summed E-state index contributed by atoms with van der Waals surface area (Å²) < 4.78 is 42.1. The summed E-state index contributed by atoms with van der Waals surface area (Å²) in [5.41, 5.74) is 3.19. The zero-order chi connectivity index (χ0) is 28.4. The third-order valence-electron chi connectivity index (χ3n) is 6.70. The van der Waals surface area contributed by atoms with Crippen LogP contribution in [0.15, 0.2) is 71.9 Å². The van der Waals surface area contributed by atoms with Crippen molar-refractivity contribution < 1.29 is 22.8 Å². The van der Waals surface area contributed by atoms with E-state index in [1.165, 1.54) is 23.9 Å². The number of halogens is 3. The average Bonchev–Trinajstić information content (AvgIpc) is 3.55. The van der Waals surface area contributed by atoms with Crippen LogP contribution in [0.3, 0.4) is 0 Å². The maximum absolute atomic E-state index is 13.4. The molecule has 0 saturated carbocycles. The SMILES string of the molecule is Cc1ccc(C)c(-n2c(CNC(=O)c3ccccc3C(F)(F)F)nnc2SCC(=O)N2CCc3ccccc32)c1. The number of fused-ring (bicyclic) bond motifs is 1. The van der Waals surface area contributed by atoms with Gasteiger partial charge in [-0.15, -0.1) is 10.2 Å². The highest BCUT2D eigenvalue weighted by Crippen LogP contribution is 2.32. The predicted octanol–water partition coefficient (Wildman–Crippen LogP) is 5.51. The number of carbonyl (C=O) groups excluding carboxylic acids is 2. The highest BCUT2D eigenvalue weighted by atomic mass is 32.2. The zero-order valence-corrected chi connectivity index (χ0v) is 22.6. The molecular weight excluding hydrogens is 539 g/mol. The maximum atomic E-state index is 13.4. The number of para-hydroxylation sites is 1. The van der Waals surface area contributed by atoms with Gasteiger partial charge in [0.2, 0.25) is 5.91 Å². The number of carbonyl (C=O) groups is 2. The number of hydrogen-bond donors (Lipinski definition) is 1. The molecule has 7 nitrogen and oxygen atoms in total. The molecule has 4 aromatic rings. The van der Waals surface area contributed by atoms with E-state index in [-0.39, 0.29) is 18.2 Å². The molecule has 0 aliphatic carbocycles. The van der Waals surface area contributed by atoms with E-state index in [1.54, 1.807) is 9.47 Å². The van der Waals surface area contributed by atoms with Crippen LogP contribution in [-0.4, -0.2) is 38.9 Å². The normalized spacial score (nSPS) is 12.9. The average molecular weight is 566 g/mol. The van der Waals surface area contributed by atoms with Crippen LogP contribution in [0.5, 0.6) is 0 Å². The Morgan fingerprint density at radius 3 is 2.52 bits per heavy atom. The summed E-state index contributed by atoms with van der Waals surface area (Å²) in [5, 5.41) is 11.5. The van der Waals surface area contributed by atoms with E-state index in [1.807, 2.05) is 56.3 Å². The van der Waals surface area contributed by atoms with E-state index in [2.05, 4.69) is 15.5 Å². The van der Waals surface area contributed by atoms with Crippen molar-refractivity contribution in [2.45, 2.75) is 38.1 Å². The molecule has 3 aromatic carbocycles. The summed E-state index contributed by atoms with van der Waals surface area (Å²) >= 11 is 1.22. The van der Waals surface area contributed by atoms with Gasteiger partial charge in [0.15, 0.2) is 11.0 Å². The molecule has 0 radical (unpaired) electrons. The summed E-state index contributed by atoms with van der Waals surface area (Å²) in [6, 6.07) is 18.3. The highest BCUT2D eigenvalue weighted by molar-refractivity contribution is 7.99. The number of alkyl halides is 3. The fourth-order valence-electron chi connectivity index (χ4n) is 4.69. The summed E-state index contributed by atoms with van der Waals surface area (Å²) in [7, 11) is 0. The lowest BCUT2D eigenvalue weighted by molar-refractivity contribution is -0.138. The van der Waals surface area contributed by atoms with Gasteiger partial charge in [0.05, 0.1) is 29.1 Å². The van der Waals surface area contributed by atoms with Crippen molar-refractivity contribution in [3.8, 4) is 5.69 Å². The smallest absolute Gasteiger partial charge is 0.345 e. The molecular formula is C29H26F3N5O2S. The van der Waals surface area contributed by atoms with Crippen LogP contribution in [-0.2, 0) is 23.9 Å². The number of nitrogens with one attached hydrogen (secondary N) is 1. The molecule has 11 heteroatoms. The molecule has 2 heterocycles. The summed E-state index contributed by atoms with van der Waals surface area (Å²) in [5.74, 6) is -0.500. The second kappa shape index (κ2) is 11.2. The Morgan fingerprint density at radius 2 is 1.73 bits per heavy atom. The molecule has 0 unspecified atom stereocenters. The molecule has 0 atom stereocenters. The van der Waals surface area contributed by atoms with Crippen molar-refractivity contribution >= 4 is 29.3 Å². The number of aromatic nitrogens is 3. The highest BCUT2D eigenvalue weighted by Gasteiger charge is 2.35. The van der Waals surface area contributed by atoms with E-state index in [0.29, 0.717) is 17.5 Å². The molecule has 206 valence electrons. The number of thioether (sulfide) groups is 1. The van der Waals surface area contributed by atoms with Gasteiger partial charge in [-0.3, -0.25) is 14.2 Å². The Labute approximate surface area is 233 Å². The van der Waals surface area contributed by atoms with Gasteiger partial charge in [0, 0.05) is 12.2 Å². The Balaban J connectivity index is 1.39. The first-order valence-electron chi connectivity index (χ1n) is 12.6. The van der Waals surface area contributed by atoms with Crippen LogP contribution in [0.2, 0.25) is 0 Å². The van der Waals surface area contributed by atoms with Gasteiger partial charge >= 0.3 is 6.18 Å². The molecule has 0 fully saturated rings. The first-order chi connectivity index (χ1) is 19.1. The van der Waals surface area contributed by atoms with Crippen molar-refractivity contribution in [3.63, 3.8) is 0 Å². The van der Waals surface area contributed by atoms with Gasteiger partial charge in [-0.05, 0) is 61.2 Å². The Hall–Kier alpha value is -4.12. The van der Waals surface area contributed by atoms with Crippen LogP contribution >= 0.6 is 11.8 Å². The molecule has 0 spiro atoms. The van der Waals surface area contributed by atoms with E-state index in [4.69, 9.17) is 0 Å².